The number of carboxylic acids is 1. The average molecular weight is 275 g/mol. The van der Waals surface area contributed by atoms with Gasteiger partial charge in [0.2, 0.25) is 0 Å². The molecule has 1 aliphatic carbocycles. The maximum absolute atomic E-state index is 10.8. The first kappa shape index (κ1) is 12.2. The lowest BCUT2D eigenvalue weighted by molar-refractivity contribution is -0.136. The number of fused-ring (bicyclic) bond motifs is 3. The third kappa shape index (κ3) is 2.21. The summed E-state index contributed by atoms with van der Waals surface area (Å²) in [5.41, 5.74) is 3.26. The van der Waals surface area contributed by atoms with Gasteiger partial charge < -0.3 is 9.84 Å². The van der Waals surface area contributed by atoms with Crippen molar-refractivity contribution >= 4 is 17.3 Å². The Balaban J connectivity index is 2.06. The van der Waals surface area contributed by atoms with E-state index in [-0.39, 0.29) is 6.42 Å². The van der Waals surface area contributed by atoms with Crippen LogP contribution in [-0.4, -0.2) is 23.2 Å². The number of aromatic nitrogens is 1. The second-order valence-corrected chi connectivity index (χ2v) is 5.64. The normalized spacial score (nSPS) is 12.7. The zero-order valence-electron chi connectivity index (χ0n) is 10.5. The fourth-order valence-electron chi connectivity index (χ4n) is 2.35. The summed E-state index contributed by atoms with van der Waals surface area (Å²) in [7, 11) is 1.64. The van der Waals surface area contributed by atoms with E-state index >= 15 is 0 Å². The highest BCUT2D eigenvalue weighted by molar-refractivity contribution is 7.12. The summed E-state index contributed by atoms with van der Waals surface area (Å²) in [5, 5.41) is 9.53. The first-order valence-electron chi connectivity index (χ1n) is 6.05. The minimum atomic E-state index is -0.836. The topological polar surface area (TPSA) is 59.4 Å². The van der Waals surface area contributed by atoms with Gasteiger partial charge >= 0.3 is 5.97 Å². The van der Waals surface area contributed by atoms with Crippen molar-refractivity contribution in [2.24, 2.45) is 0 Å². The first-order valence-corrected chi connectivity index (χ1v) is 6.86. The van der Waals surface area contributed by atoms with Crippen LogP contribution in [0.5, 0.6) is 5.75 Å². The van der Waals surface area contributed by atoms with Gasteiger partial charge in [-0.25, -0.2) is 4.98 Å². The standard InChI is InChI=1S/C14H13NO3S/c1-18-9-4-2-8-3-5-11-14(10(8)6-9)15-12(19-11)7-13(16)17/h2,4,6H,3,5,7H2,1H3,(H,16,17). The van der Waals surface area contributed by atoms with E-state index in [1.165, 1.54) is 21.8 Å². The van der Waals surface area contributed by atoms with Crippen molar-refractivity contribution in [3.8, 4) is 17.0 Å². The van der Waals surface area contributed by atoms with Gasteiger partial charge in [0.05, 0.1) is 19.2 Å². The van der Waals surface area contributed by atoms with E-state index in [0.29, 0.717) is 5.01 Å². The largest absolute Gasteiger partial charge is 0.497 e. The van der Waals surface area contributed by atoms with E-state index in [2.05, 4.69) is 11.1 Å². The maximum atomic E-state index is 10.8. The lowest BCUT2D eigenvalue weighted by Crippen LogP contribution is -2.02. The number of aliphatic carboxylic acids is 1. The highest BCUT2D eigenvalue weighted by Crippen LogP contribution is 2.38. The molecule has 3 rings (SSSR count). The number of rotatable bonds is 3. The SMILES string of the molecule is COc1ccc2c(c1)-c1nc(CC(=O)O)sc1CC2. The molecule has 0 aliphatic heterocycles. The molecule has 0 unspecified atom stereocenters. The molecule has 0 bridgehead atoms. The Morgan fingerprint density at radius 3 is 3.05 bits per heavy atom. The molecule has 0 saturated heterocycles. The van der Waals surface area contributed by atoms with Crippen molar-refractivity contribution in [1.29, 1.82) is 0 Å². The molecule has 0 atom stereocenters. The Hall–Kier alpha value is -1.88. The zero-order valence-corrected chi connectivity index (χ0v) is 11.3. The number of nitrogens with zero attached hydrogens (tertiary/aromatic N) is 1. The van der Waals surface area contributed by atoms with Gasteiger partial charge in [0.25, 0.3) is 0 Å². The fraction of sp³-hybridized carbons (Fsp3) is 0.286. The number of hydrogen-bond donors (Lipinski definition) is 1. The van der Waals surface area contributed by atoms with Gasteiger partial charge in [-0.1, -0.05) is 6.07 Å². The van der Waals surface area contributed by atoms with Crippen LogP contribution in [0.2, 0.25) is 0 Å². The van der Waals surface area contributed by atoms with Crippen molar-refractivity contribution in [2.45, 2.75) is 19.3 Å². The molecule has 5 heteroatoms. The van der Waals surface area contributed by atoms with Crippen LogP contribution < -0.4 is 4.74 Å². The van der Waals surface area contributed by atoms with Gasteiger partial charge in [-0.3, -0.25) is 4.79 Å². The van der Waals surface area contributed by atoms with E-state index in [9.17, 15) is 4.79 Å². The molecule has 1 heterocycles. The van der Waals surface area contributed by atoms with Crippen LogP contribution in [-0.2, 0) is 24.1 Å². The van der Waals surface area contributed by atoms with E-state index < -0.39 is 5.97 Å². The highest BCUT2D eigenvalue weighted by atomic mass is 32.1. The molecule has 1 aliphatic rings. The van der Waals surface area contributed by atoms with Crippen LogP contribution in [0.4, 0.5) is 0 Å². The average Bonchev–Trinajstić information content (AvgIpc) is 2.80. The van der Waals surface area contributed by atoms with Crippen molar-refractivity contribution in [3.05, 3.63) is 33.6 Å². The number of methoxy groups -OCH3 is 1. The molecule has 19 heavy (non-hydrogen) atoms. The Kier molecular flexibility index (Phi) is 2.98. The number of benzene rings is 1. The van der Waals surface area contributed by atoms with Crippen LogP contribution in [0.1, 0.15) is 15.4 Å². The van der Waals surface area contributed by atoms with Crippen molar-refractivity contribution in [1.82, 2.24) is 4.98 Å². The second-order valence-electron chi connectivity index (χ2n) is 4.47. The van der Waals surface area contributed by atoms with Crippen molar-refractivity contribution < 1.29 is 14.6 Å². The van der Waals surface area contributed by atoms with E-state index in [4.69, 9.17) is 9.84 Å². The van der Waals surface area contributed by atoms with Gasteiger partial charge in [-0.05, 0) is 30.5 Å². The Labute approximate surface area is 114 Å². The van der Waals surface area contributed by atoms with Crippen molar-refractivity contribution in [2.75, 3.05) is 7.11 Å². The fourth-order valence-corrected chi connectivity index (χ4v) is 3.43. The number of carbonyl (C=O) groups is 1. The zero-order chi connectivity index (χ0) is 13.4. The molecule has 1 N–H and O–H groups in total. The minimum absolute atomic E-state index is 0.00301. The van der Waals surface area contributed by atoms with Gasteiger partial charge in [0, 0.05) is 10.4 Å². The summed E-state index contributed by atoms with van der Waals surface area (Å²) >= 11 is 1.51. The Morgan fingerprint density at radius 1 is 1.47 bits per heavy atom. The maximum Gasteiger partial charge on any atom is 0.310 e. The van der Waals surface area contributed by atoms with E-state index in [1.54, 1.807) is 7.11 Å². The third-order valence-corrected chi connectivity index (χ3v) is 4.35. The van der Waals surface area contributed by atoms with Gasteiger partial charge in [0.1, 0.15) is 10.8 Å². The summed E-state index contributed by atoms with van der Waals surface area (Å²) in [6.07, 6.45) is 1.91. The Morgan fingerprint density at radius 2 is 2.32 bits per heavy atom. The summed E-state index contributed by atoms with van der Waals surface area (Å²) in [6.45, 7) is 0. The molecule has 0 saturated carbocycles. The lowest BCUT2D eigenvalue weighted by Gasteiger charge is -2.15. The number of hydrogen-bond acceptors (Lipinski definition) is 4. The van der Waals surface area contributed by atoms with Crippen LogP contribution in [0, 0.1) is 0 Å². The van der Waals surface area contributed by atoms with Gasteiger partial charge in [-0.15, -0.1) is 11.3 Å². The molecule has 1 aromatic carbocycles. The second kappa shape index (κ2) is 4.66. The summed E-state index contributed by atoms with van der Waals surface area (Å²) in [6, 6.07) is 6.00. The van der Waals surface area contributed by atoms with Gasteiger partial charge in [-0.2, -0.15) is 0 Å². The predicted octanol–water partition coefficient (Wildman–Crippen LogP) is 2.54. The van der Waals surface area contributed by atoms with Crippen LogP contribution >= 0.6 is 11.3 Å². The van der Waals surface area contributed by atoms with E-state index in [1.807, 2.05) is 12.1 Å². The predicted molar refractivity (Wildman–Crippen MR) is 72.8 cm³/mol. The minimum Gasteiger partial charge on any atom is -0.497 e. The smallest absolute Gasteiger partial charge is 0.310 e. The molecule has 4 nitrogen and oxygen atoms in total. The molecule has 98 valence electrons. The molecule has 0 radical (unpaired) electrons. The molecule has 0 fully saturated rings. The Bertz CT molecular complexity index is 648. The van der Waals surface area contributed by atoms with Crippen LogP contribution in [0.15, 0.2) is 18.2 Å². The molecule has 1 aromatic heterocycles. The van der Waals surface area contributed by atoms with E-state index in [0.717, 1.165) is 29.8 Å². The third-order valence-electron chi connectivity index (χ3n) is 3.24. The summed E-state index contributed by atoms with van der Waals surface area (Å²) in [4.78, 5) is 16.4. The van der Waals surface area contributed by atoms with Crippen LogP contribution in [0.3, 0.4) is 0 Å². The van der Waals surface area contributed by atoms with Crippen LogP contribution in [0.25, 0.3) is 11.3 Å². The first-order chi connectivity index (χ1) is 9.17. The summed E-state index contributed by atoms with van der Waals surface area (Å²) < 4.78 is 5.25. The number of thiazole rings is 1. The number of aryl methyl sites for hydroxylation is 2. The number of ether oxygens (including phenoxy) is 1. The monoisotopic (exact) mass is 275 g/mol. The summed E-state index contributed by atoms with van der Waals surface area (Å²) in [5.74, 6) is -0.0312. The molecular weight excluding hydrogens is 262 g/mol. The number of carboxylic acid groups (broad SMARTS) is 1. The highest BCUT2D eigenvalue weighted by Gasteiger charge is 2.22. The molecule has 2 aromatic rings. The van der Waals surface area contributed by atoms with Crippen molar-refractivity contribution in [3.63, 3.8) is 0 Å². The molecular formula is C14H13NO3S. The molecule has 0 amide bonds. The quantitative estimate of drug-likeness (QED) is 0.935. The van der Waals surface area contributed by atoms with Gasteiger partial charge in [0.15, 0.2) is 0 Å². The molecule has 0 spiro atoms. The lowest BCUT2D eigenvalue weighted by atomic mass is 9.93.